The highest BCUT2D eigenvalue weighted by atomic mass is 16.1. The minimum absolute atomic E-state index is 0.0233. The van der Waals surface area contributed by atoms with Crippen LogP contribution < -0.4 is 0 Å². The lowest BCUT2D eigenvalue weighted by Crippen LogP contribution is -2.32. The number of nitrogens with zero attached hydrogens (tertiary/aromatic N) is 1. The van der Waals surface area contributed by atoms with Gasteiger partial charge < -0.3 is 4.90 Å². The van der Waals surface area contributed by atoms with Crippen molar-refractivity contribution in [3.63, 3.8) is 0 Å². The van der Waals surface area contributed by atoms with Gasteiger partial charge in [-0.25, -0.2) is 0 Å². The maximum Gasteiger partial charge on any atom is 0.167 e. The number of Topliss-reactive ketones (excluding diaryl/α,β-unsaturated/α-hetero) is 1. The Morgan fingerprint density at radius 2 is 1.50 bits per heavy atom. The first-order valence-electron chi connectivity index (χ1n) is 7.92. The van der Waals surface area contributed by atoms with Crippen LogP contribution in [0.4, 0.5) is 0 Å². The zero-order chi connectivity index (χ0) is 15.9. The summed E-state index contributed by atoms with van der Waals surface area (Å²) < 4.78 is 0. The van der Waals surface area contributed by atoms with Gasteiger partial charge in [-0.1, -0.05) is 67.6 Å². The first-order valence-corrected chi connectivity index (χ1v) is 7.92. The average Bonchev–Trinajstić information content (AvgIpc) is 2.55. The van der Waals surface area contributed by atoms with Gasteiger partial charge in [0.25, 0.3) is 0 Å². The van der Waals surface area contributed by atoms with E-state index in [-0.39, 0.29) is 17.6 Å². The van der Waals surface area contributed by atoms with Crippen molar-refractivity contribution in [1.82, 2.24) is 4.90 Å². The summed E-state index contributed by atoms with van der Waals surface area (Å²) >= 11 is 0. The van der Waals surface area contributed by atoms with Crippen LogP contribution in [0, 0.1) is 5.92 Å². The van der Waals surface area contributed by atoms with Crippen LogP contribution in [0.1, 0.15) is 35.2 Å². The van der Waals surface area contributed by atoms with Gasteiger partial charge in [0.15, 0.2) is 5.78 Å². The molecule has 0 aliphatic carbocycles. The molecule has 0 saturated heterocycles. The monoisotopic (exact) mass is 295 g/mol. The third-order valence-corrected chi connectivity index (χ3v) is 4.11. The van der Waals surface area contributed by atoms with Gasteiger partial charge in [0, 0.05) is 18.0 Å². The molecule has 0 unspecified atom stereocenters. The zero-order valence-corrected chi connectivity index (χ0v) is 13.7. The third kappa shape index (κ3) is 4.05. The molecular formula is C20H25NO. The summed E-state index contributed by atoms with van der Waals surface area (Å²) in [7, 11) is 4.06. The van der Waals surface area contributed by atoms with E-state index in [2.05, 4.69) is 36.1 Å². The van der Waals surface area contributed by atoms with E-state index in [4.69, 9.17) is 0 Å². The largest absolute Gasteiger partial charge is 0.309 e. The van der Waals surface area contributed by atoms with E-state index < -0.39 is 0 Å². The van der Waals surface area contributed by atoms with E-state index in [1.54, 1.807) is 0 Å². The van der Waals surface area contributed by atoms with Crippen molar-refractivity contribution in [2.45, 2.75) is 19.3 Å². The average molecular weight is 295 g/mol. The Labute approximate surface area is 133 Å². The van der Waals surface area contributed by atoms with Crippen LogP contribution in [0.25, 0.3) is 0 Å². The van der Waals surface area contributed by atoms with Crippen molar-refractivity contribution in [3.05, 3.63) is 71.8 Å². The molecule has 0 radical (unpaired) electrons. The van der Waals surface area contributed by atoms with Crippen LogP contribution in [-0.4, -0.2) is 31.3 Å². The highest BCUT2D eigenvalue weighted by Crippen LogP contribution is 2.31. The van der Waals surface area contributed by atoms with Crippen molar-refractivity contribution in [2.24, 2.45) is 5.92 Å². The van der Waals surface area contributed by atoms with E-state index in [1.807, 2.05) is 50.5 Å². The Kier molecular flexibility index (Phi) is 5.91. The van der Waals surface area contributed by atoms with Crippen molar-refractivity contribution in [3.8, 4) is 0 Å². The molecule has 0 bridgehead atoms. The lowest BCUT2D eigenvalue weighted by atomic mass is 9.79. The van der Waals surface area contributed by atoms with E-state index in [1.165, 1.54) is 5.56 Å². The molecule has 0 aromatic heterocycles. The molecule has 2 atom stereocenters. The zero-order valence-electron chi connectivity index (χ0n) is 13.7. The lowest BCUT2D eigenvalue weighted by molar-refractivity contribution is 0.0870. The number of hydrogen-bond donors (Lipinski definition) is 0. The van der Waals surface area contributed by atoms with Gasteiger partial charge in [-0.15, -0.1) is 0 Å². The molecule has 0 fully saturated rings. The maximum absolute atomic E-state index is 13.0. The molecular weight excluding hydrogens is 270 g/mol. The molecule has 2 aromatic rings. The molecule has 0 aliphatic rings. The van der Waals surface area contributed by atoms with Crippen LogP contribution in [0.3, 0.4) is 0 Å². The predicted molar refractivity (Wildman–Crippen MR) is 92.3 cm³/mol. The molecule has 2 aromatic carbocycles. The summed E-state index contributed by atoms with van der Waals surface area (Å²) in [5, 5.41) is 0. The molecule has 0 spiro atoms. The predicted octanol–water partition coefficient (Wildman–Crippen LogP) is 4.24. The molecule has 22 heavy (non-hydrogen) atoms. The van der Waals surface area contributed by atoms with Crippen LogP contribution in [0.15, 0.2) is 60.7 Å². The van der Waals surface area contributed by atoms with E-state index >= 15 is 0 Å². The van der Waals surface area contributed by atoms with E-state index in [9.17, 15) is 4.79 Å². The minimum Gasteiger partial charge on any atom is -0.309 e. The molecule has 0 aliphatic heterocycles. The minimum atomic E-state index is -0.0233. The Morgan fingerprint density at radius 3 is 2.00 bits per heavy atom. The summed E-state index contributed by atoms with van der Waals surface area (Å²) in [4.78, 5) is 15.1. The van der Waals surface area contributed by atoms with Gasteiger partial charge in [-0.05, 0) is 32.0 Å². The van der Waals surface area contributed by atoms with Gasteiger partial charge in [0.1, 0.15) is 0 Å². The van der Waals surface area contributed by atoms with Crippen molar-refractivity contribution in [2.75, 3.05) is 20.6 Å². The number of rotatable bonds is 7. The fourth-order valence-corrected chi connectivity index (χ4v) is 3.06. The SMILES string of the molecule is CC[C@H](c1ccccc1)[C@@H](CN(C)C)C(=O)c1ccccc1. The Bertz CT molecular complexity index is 577. The smallest absolute Gasteiger partial charge is 0.167 e. The van der Waals surface area contributed by atoms with Gasteiger partial charge >= 0.3 is 0 Å². The number of carbonyl (C=O) groups is 1. The van der Waals surface area contributed by atoms with E-state index in [0.717, 1.165) is 18.5 Å². The van der Waals surface area contributed by atoms with Crippen molar-refractivity contribution < 1.29 is 4.79 Å². The Balaban J connectivity index is 2.34. The first kappa shape index (κ1) is 16.4. The molecule has 0 saturated carbocycles. The van der Waals surface area contributed by atoms with Crippen molar-refractivity contribution >= 4 is 5.78 Å². The van der Waals surface area contributed by atoms with Crippen LogP contribution in [0.5, 0.6) is 0 Å². The number of benzene rings is 2. The topological polar surface area (TPSA) is 20.3 Å². The highest BCUT2D eigenvalue weighted by Gasteiger charge is 2.29. The highest BCUT2D eigenvalue weighted by molar-refractivity contribution is 5.98. The van der Waals surface area contributed by atoms with Gasteiger partial charge in [0.05, 0.1) is 0 Å². The molecule has 2 nitrogen and oxygen atoms in total. The number of hydrogen-bond acceptors (Lipinski definition) is 2. The standard InChI is InChI=1S/C20H25NO/c1-4-18(16-11-7-5-8-12-16)19(15-21(2)3)20(22)17-13-9-6-10-14-17/h5-14,18-19H,4,15H2,1-3H3/t18-,19-/m1/s1. The van der Waals surface area contributed by atoms with E-state index in [0.29, 0.717) is 0 Å². The molecule has 116 valence electrons. The second kappa shape index (κ2) is 7.90. The van der Waals surface area contributed by atoms with Crippen LogP contribution in [0.2, 0.25) is 0 Å². The number of ketones is 1. The first-order chi connectivity index (χ1) is 10.6. The summed E-state index contributed by atoms with van der Waals surface area (Å²) in [6.45, 7) is 2.93. The summed E-state index contributed by atoms with van der Waals surface area (Å²) in [5.74, 6) is 0.464. The normalized spacial score (nSPS) is 13.8. The second-order valence-electron chi connectivity index (χ2n) is 6.02. The Hall–Kier alpha value is -1.93. The van der Waals surface area contributed by atoms with Crippen LogP contribution >= 0.6 is 0 Å². The third-order valence-electron chi connectivity index (χ3n) is 4.11. The molecule has 0 amide bonds. The Morgan fingerprint density at radius 1 is 0.955 bits per heavy atom. The second-order valence-corrected chi connectivity index (χ2v) is 6.02. The van der Waals surface area contributed by atoms with Crippen LogP contribution in [-0.2, 0) is 0 Å². The molecule has 0 heterocycles. The maximum atomic E-state index is 13.0. The molecule has 0 N–H and O–H groups in total. The lowest BCUT2D eigenvalue weighted by Gasteiger charge is -2.28. The fourth-order valence-electron chi connectivity index (χ4n) is 3.06. The van der Waals surface area contributed by atoms with Crippen molar-refractivity contribution in [1.29, 1.82) is 0 Å². The number of carbonyl (C=O) groups excluding carboxylic acids is 1. The van der Waals surface area contributed by atoms with Gasteiger partial charge in [-0.2, -0.15) is 0 Å². The summed E-state index contributed by atoms with van der Waals surface area (Å²) in [6.07, 6.45) is 0.959. The molecule has 2 rings (SSSR count). The van der Waals surface area contributed by atoms with Gasteiger partial charge in [-0.3, -0.25) is 4.79 Å². The quantitative estimate of drug-likeness (QED) is 0.712. The summed E-state index contributed by atoms with van der Waals surface area (Å²) in [6, 6.07) is 20.1. The molecule has 2 heteroatoms. The summed E-state index contributed by atoms with van der Waals surface area (Å²) in [5.41, 5.74) is 2.06. The fraction of sp³-hybridized carbons (Fsp3) is 0.350. The van der Waals surface area contributed by atoms with Gasteiger partial charge in [0.2, 0.25) is 0 Å².